The van der Waals surface area contributed by atoms with E-state index in [9.17, 15) is 0 Å². The van der Waals surface area contributed by atoms with E-state index >= 15 is 0 Å². The highest BCUT2D eigenvalue weighted by Gasteiger charge is 2.18. The highest BCUT2D eigenvalue weighted by molar-refractivity contribution is 5.51. The lowest BCUT2D eigenvalue weighted by atomic mass is 10.0. The van der Waals surface area contributed by atoms with Gasteiger partial charge in [0.15, 0.2) is 0 Å². The lowest BCUT2D eigenvalue weighted by Crippen LogP contribution is -2.44. The van der Waals surface area contributed by atoms with Crippen molar-refractivity contribution < 1.29 is 0 Å². The van der Waals surface area contributed by atoms with Crippen LogP contribution in [-0.2, 0) is 0 Å². The van der Waals surface area contributed by atoms with Gasteiger partial charge in [0, 0.05) is 24.8 Å². The molecule has 2 rings (SSSR count). The maximum Gasteiger partial charge on any atom is 0.0372 e. The van der Waals surface area contributed by atoms with Gasteiger partial charge < -0.3 is 10.2 Å². The molecule has 2 heteroatoms. The first-order valence-electron chi connectivity index (χ1n) is 6.19. The van der Waals surface area contributed by atoms with Crippen molar-refractivity contribution in [3.8, 4) is 0 Å². The largest absolute Gasteiger partial charge is 0.370 e. The number of piperidine rings is 1. The molecule has 0 radical (unpaired) electrons. The van der Waals surface area contributed by atoms with E-state index < -0.39 is 0 Å². The highest BCUT2D eigenvalue weighted by atomic mass is 15.2. The van der Waals surface area contributed by atoms with Crippen molar-refractivity contribution in [1.82, 2.24) is 5.32 Å². The molecule has 1 aliphatic rings. The van der Waals surface area contributed by atoms with E-state index in [0.29, 0.717) is 6.04 Å². The minimum atomic E-state index is 0.648. The average Bonchev–Trinajstić information content (AvgIpc) is 2.28. The Bertz CT molecular complexity index is 340. The Morgan fingerprint density at radius 3 is 2.50 bits per heavy atom. The van der Waals surface area contributed by atoms with Crippen LogP contribution in [0.4, 0.5) is 5.69 Å². The first-order valence-corrected chi connectivity index (χ1v) is 6.19. The third-order valence-electron chi connectivity index (χ3n) is 3.40. The predicted octanol–water partition coefficient (Wildman–Crippen LogP) is 2.49. The smallest absolute Gasteiger partial charge is 0.0372 e. The molecule has 1 heterocycles. The van der Waals surface area contributed by atoms with Gasteiger partial charge in [-0.25, -0.2) is 0 Å². The Hall–Kier alpha value is -1.02. The van der Waals surface area contributed by atoms with Crippen molar-refractivity contribution >= 4 is 5.69 Å². The van der Waals surface area contributed by atoms with Gasteiger partial charge in [-0.05, 0) is 57.0 Å². The van der Waals surface area contributed by atoms with E-state index in [1.165, 1.54) is 36.2 Å². The molecule has 2 nitrogen and oxygen atoms in total. The van der Waals surface area contributed by atoms with Gasteiger partial charge in [-0.1, -0.05) is 6.07 Å². The van der Waals surface area contributed by atoms with Gasteiger partial charge in [-0.3, -0.25) is 0 Å². The second kappa shape index (κ2) is 4.88. The van der Waals surface area contributed by atoms with Crippen LogP contribution in [0.3, 0.4) is 0 Å². The third kappa shape index (κ3) is 2.56. The number of benzene rings is 1. The van der Waals surface area contributed by atoms with Gasteiger partial charge >= 0.3 is 0 Å². The van der Waals surface area contributed by atoms with E-state index in [-0.39, 0.29) is 0 Å². The van der Waals surface area contributed by atoms with Crippen molar-refractivity contribution in [2.24, 2.45) is 0 Å². The molecule has 1 fully saturated rings. The van der Waals surface area contributed by atoms with Crippen LogP contribution < -0.4 is 10.2 Å². The molecule has 1 N–H and O–H groups in total. The molecule has 88 valence electrons. The fraction of sp³-hybridized carbons (Fsp3) is 0.571. The Morgan fingerprint density at radius 2 is 1.88 bits per heavy atom. The van der Waals surface area contributed by atoms with E-state index in [4.69, 9.17) is 0 Å². The normalized spacial score (nSPS) is 21.2. The van der Waals surface area contributed by atoms with Gasteiger partial charge in [0.2, 0.25) is 0 Å². The van der Waals surface area contributed by atoms with Crippen molar-refractivity contribution in [3.63, 3.8) is 0 Å². The van der Waals surface area contributed by atoms with Crippen LogP contribution >= 0.6 is 0 Å². The molecule has 0 amide bonds. The summed E-state index contributed by atoms with van der Waals surface area (Å²) in [6.07, 6.45) is 2.59. The molecule has 1 unspecified atom stereocenters. The molecule has 0 aromatic heterocycles. The average molecular weight is 218 g/mol. The highest BCUT2D eigenvalue weighted by Crippen LogP contribution is 2.22. The number of aryl methyl sites for hydroxylation is 2. The summed E-state index contributed by atoms with van der Waals surface area (Å²) < 4.78 is 0. The molecule has 1 aromatic rings. The fourth-order valence-corrected chi connectivity index (χ4v) is 2.58. The van der Waals surface area contributed by atoms with Crippen LogP contribution in [0.25, 0.3) is 0 Å². The fourth-order valence-electron chi connectivity index (χ4n) is 2.58. The van der Waals surface area contributed by atoms with E-state index in [0.717, 1.165) is 6.54 Å². The number of nitrogens with one attached hydrogen (secondary N) is 1. The molecule has 0 spiro atoms. The van der Waals surface area contributed by atoms with Gasteiger partial charge in [0.1, 0.15) is 0 Å². The molecule has 1 aromatic carbocycles. The number of hydrogen-bond donors (Lipinski definition) is 1. The summed E-state index contributed by atoms with van der Waals surface area (Å²) in [5.41, 5.74) is 4.11. The first kappa shape index (κ1) is 11.5. The molecule has 1 aliphatic heterocycles. The first-order chi connectivity index (χ1) is 7.69. The predicted molar refractivity (Wildman–Crippen MR) is 70.2 cm³/mol. The molecule has 1 saturated heterocycles. The topological polar surface area (TPSA) is 15.3 Å². The number of anilines is 1. The van der Waals surface area contributed by atoms with Crippen LogP contribution in [-0.4, -0.2) is 26.2 Å². The molecule has 1 atom stereocenters. The second-order valence-electron chi connectivity index (χ2n) is 4.92. The van der Waals surface area contributed by atoms with Crippen LogP contribution in [0, 0.1) is 13.8 Å². The summed E-state index contributed by atoms with van der Waals surface area (Å²) in [5.74, 6) is 0. The van der Waals surface area contributed by atoms with Crippen LogP contribution in [0.1, 0.15) is 24.0 Å². The summed E-state index contributed by atoms with van der Waals surface area (Å²) in [4.78, 5) is 2.50. The Labute approximate surface area is 98.7 Å². The zero-order chi connectivity index (χ0) is 11.5. The summed E-state index contributed by atoms with van der Waals surface area (Å²) in [7, 11) is 2.07. The van der Waals surface area contributed by atoms with Crippen molar-refractivity contribution in [2.45, 2.75) is 32.7 Å². The lowest BCUT2D eigenvalue weighted by molar-refractivity contribution is 0.449. The van der Waals surface area contributed by atoms with E-state index in [1.807, 2.05) is 0 Å². The molecule has 16 heavy (non-hydrogen) atoms. The summed E-state index contributed by atoms with van der Waals surface area (Å²) in [6.45, 7) is 6.69. The van der Waals surface area contributed by atoms with Gasteiger partial charge in [0.25, 0.3) is 0 Å². The van der Waals surface area contributed by atoms with Crippen LogP contribution in [0.2, 0.25) is 0 Å². The van der Waals surface area contributed by atoms with Crippen molar-refractivity contribution in [2.75, 3.05) is 25.0 Å². The van der Waals surface area contributed by atoms with Gasteiger partial charge in [-0.2, -0.15) is 0 Å². The molecule has 0 aliphatic carbocycles. The second-order valence-corrected chi connectivity index (χ2v) is 4.92. The lowest BCUT2D eigenvalue weighted by Gasteiger charge is -2.34. The maximum atomic E-state index is 3.39. The zero-order valence-corrected chi connectivity index (χ0v) is 10.6. The van der Waals surface area contributed by atoms with Crippen molar-refractivity contribution in [3.05, 3.63) is 29.3 Å². The third-order valence-corrected chi connectivity index (χ3v) is 3.40. The summed E-state index contributed by atoms with van der Waals surface area (Å²) in [5, 5.41) is 3.39. The zero-order valence-electron chi connectivity index (χ0n) is 10.6. The minimum absolute atomic E-state index is 0.648. The SMILES string of the molecule is CNC1CCCN(c2cc(C)cc(C)c2)C1. The summed E-state index contributed by atoms with van der Waals surface area (Å²) in [6, 6.07) is 7.48. The Kier molecular flexibility index (Phi) is 3.49. The van der Waals surface area contributed by atoms with Crippen LogP contribution in [0.15, 0.2) is 18.2 Å². The standard InChI is InChI=1S/C14H22N2/c1-11-7-12(2)9-14(8-11)16-6-4-5-13(10-16)15-3/h7-9,13,15H,4-6,10H2,1-3H3. The van der Waals surface area contributed by atoms with Crippen LogP contribution in [0.5, 0.6) is 0 Å². The Morgan fingerprint density at radius 1 is 1.19 bits per heavy atom. The number of likely N-dealkylation sites (N-methyl/N-ethyl adjacent to an activating group) is 1. The maximum absolute atomic E-state index is 3.39. The minimum Gasteiger partial charge on any atom is -0.370 e. The molecule has 0 bridgehead atoms. The number of rotatable bonds is 2. The monoisotopic (exact) mass is 218 g/mol. The van der Waals surface area contributed by atoms with Crippen molar-refractivity contribution in [1.29, 1.82) is 0 Å². The number of hydrogen-bond acceptors (Lipinski definition) is 2. The quantitative estimate of drug-likeness (QED) is 0.820. The van der Waals surface area contributed by atoms with Gasteiger partial charge in [-0.15, -0.1) is 0 Å². The Balaban J connectivity index is 2.16. The molecular weight excluding hydrogens is 196 g/mol. The molecular formula is C14H22N2. The van der Waals surface area contributed by atoms with E-state index in [1.54, 1.807) is 0 Å². The molecule has 0 saturated carbocycles. The van der Waals surface area contributed by atoms with Gasteiger partial charge in [0.05, 0.1) is 0 Å². The summed E-state index contributed by atoms with van der Waals surface area (Å²) >= 11 is 0. The van der Waals surface area contributed by atoms with E-state index in [2.05, 4.69) is 49.3 Å². The number of nitrogens with zero attached hydrogens (tertiary/aromatic N) is 1.